The minimum atomic E-state index is -0.912. The predicted octanol–water partition coefficient (Wildman–Crippen LogP) is 1.73. The molecular formula is C12H21N3O4. The van der Waals surface area contributed by atoms with E-state index in [4.69, 9.17) is 5.21 Å². The number of hydrogen-bond donors (Lipinski definition) is 2. The molecule has 2 N–H and O–H groups in total. The molecule has 0 aliphatic heterocycles. The topological polar surface area (TPSA) is 105 Å². The molecule has 0 bridgehead atoms. The monoisotopic (exact) mass is 271 g/mol. The summed E-state index contributed by atoms with van der Waals surface area (Å²) in [6, 6.07) is -0.912. The van der Waals surface area contributed by atoms with Gasteiger partial charge in [0.2, 0.25) is 6.04 Å². The summed E-state index contributed by atoms with van der Waals surface area (Å²) in [5, 5.41) is 25.0. The molecule has 1 atom stereocenters. The minimum absolute atomic E-state index is 0.207. The molecule has 1 unspecified atom stereocenters. The van der Waals surface area contributed by atoms with Crippen molar-refractivity contribution >= 4 is 11.6 Å². The molecule has 1 amide bonds. The summed E-state index contributed by atoms with van der Waals surface area (Å²) in [4.78, 5) is 21.9. The fraction of sp³-hybridized carbons (Fsp3) is 0.667. The van der Waals surface area contributed by atoms with Crippen LogP contribution in [0, 0.1) is 10.1 Å². The summed E-state index contributed by atoms with van der Waals surface area (Å²) in [5.74, 6) is -0.530. The van der Waals surface area contributed by atoms with E-state index in [1.165, 1.54) is 13.0 Å². The molecule has 0 rings (SSSR count). The Labute approximate surface area is 112 Å². The predicted molar refractivity (Wildman–Crippen MR) is 72.0 cm³/mol. The van der Waals surface area contributed by atoms with Gasteiger partial charge in [-0.2, -0.15) is 0 Å². The lowest BCUT2D eigenvalue weighted by molar-refractivity contribution is -0.507. The summed E-state index contributed by atoms with van der Waals surface area (Å²) in [6.07, 6.45) is 3.43. The third-order valence-electron chi connectivity index (χ3n) is 2.74. The van der Waals surface area contributed by atoms with Crippen molar-refractivity contribution in [3.05, 3.63) is 21.8 Å². The molecule has 0 saturated heterocycles. The third kappa shape index (κ3) is 5.98. The van der Waals surface area contributed by atoms with Crippen LogP contribution in [0.25, 0.3) is 0 Å². The van der Waals surface area contributed by atoms with Gasteiger partial charge in [0.25, 0.3) is 5.91 Å². The summed E-state index contributed by atoms with van der Waals surface area (Å²) in [6.45, 7) is 5.64. The number of nitrogens with one attached hydrogen (secondary N) is 1. The Morgan fingerprint density at radius 1 is 1.53 bits per heavy atom. The Hall–Kier alpha value is -1.92. The maximum atomic E-state index is 11.7. The number of nitro groups is 1. The zero-order valence-corrected chi connectivity index (χ0v) is 11.5. The smallest absolute Gasteiger partial charge is 0.273 e. The first-order chi connectivity index (χ1) is 8.97. The van der Waals surface area contributed by atoms with E-state index in [-0.39, 0.29) is 5.71 Å². The van der Waals surface area contributed by atoms with E-state index >= 15 is 0 Å². The number of carbonyl (C=O) groups is 1. The largest absolute Gasteiger partial charge is 0.410 e. The van der Waals surface area contributed by atoms with E-state index in [0.717, 1.165) is 12.8 Å². The highest BCUT2D eigenvalue weighted by Gasteiger charge is 2.20. The Bertz CT molecular complexity index is 377. The van der Waals surface area contributed by atoms with Gasteiger partial charge in [0.15, 0.2) is 5.71 Å². The third-order valence-corrected chi connectivity index (χ3v) is 2.74. The molecule has 0 aromatic rings. The highest BCUT2D eigenvalue weighted by molar-refractivity contribution is 6.43. The van der Waals surface area contributed by atoms with Crippen LogP contribution in [-0.4, -0.2) is 34.3 Å². The van der Waals surface area contributed by atoms with Crippen LogP contribution in [0.15, 0.2) is 16.8 Å². The highest BCUT2D eigenvalue weighted by atomic mass is 16.6. The summed E-state index contributed by atoms with van der Waals surface area (Å²) < 4.78 is 0. The SMILES string of the molecule is CCCCNC(=O)C(/C=C(\CC)C(C)[N+](=O)[O-])=N/O. The maximum Gasteiger partial charge on any atom is 0.273 e. The first-order valence-corrected chi connectivity index (χ1v) is 6.32. The second-order valence-electron chi connectivity index (χ2n) is 4.13. The van der Waals surface area contributed by atoms with Gasteiger partial charge in [-0.05, 0) is 18.9 Å². The van der Waals surface area contributed by atoms with Crippen LogP contribution >= 0.6 is 0 Å². The molecule has 19 heavy (non-hydrogen) atoms. The summed E-state index contributed by atoms with van der Waals surface area (Å²) >= 11 is 0. The first-order valence-electron chi connectivity index (χ1n) is 6.32. The van der Waals surface area contributed by atoms with Gasteiger partial charge >= 0.3 is 0 Å². The summed E-state index contributed by atoms with van der Waals surface area (Å²) in [7, 11) is 0. The van der Waals surface area contributed by atoms with Gasteiger partial charge in [-0.3, -0.25) is 14.9 Å². The van der Waals surface area contributed by atoms with Crippen molar-refractivity contribution in [3.8, 4) is 0 Å². The lowest BCUT2D eigenvalue weighted by Gasteiger charge is -2.08. The molecule has 0 aromatic heterocycles. The molecule has 7 heteroatoms. The Balaban J connectivity index is 4.85. The zero-order valence-electron chi connectivity index (χ0n) is 11.5. The van der Waals surface area contributed by atoms with E-state index in [0.29, 0.717) is 18.5 Å². The molecule has 0 radical (unpaired) electrons. The zero-order chi connectivity index (χ0) is 14.8. The van der Waals surface area contributed by atoms with E-state index in [9.17, 15) is 14.9 Å². The Morgan fingerprint density at radius 2 is 2.16 bits per heavy atom. The van der Waals surface area contributed by atoms with Crippen molar-refractivity contribution in [2.45, 2.75) is 46.1 Å². The fourth-order valence-corrected chi connectivity index (χ4v) is 1.44. The van der Waals surface area contributed by atoms with Gasteiger partial charge in [-0.15, -0.1) is 0 Å². The standard InChI is InChI=1S/C12H21N3O4/c1-4-6-7-13-12(16)11(14-17)8-10(5-2)9(3)15(18)19/h8-9,17H,4-7H2,1-3H3,(H,13,16)/b10-8+,14-11+. The van der Waals surface area contributed by atoms with Crippen LogP contribution in [0.1, 0.15) is 40.0 Å². The number of amides is 1. The first kappa shape index (κ1) is 17.1. The molecule has 7 nitrogen and oxygen atoms in total. The van der Waals surface area contributed by atoms with E-state index < -0.39 is 16.9 Å². The highest BCUT2D eigenvalue weighted by Crippen LogP contribution is 2.10. The van der Waals surface area contributed by atoms with Gasteiger partial charge in [0, 0.05) is 24.0 Å². The molecule has 0 fully saturated rings. The van der Waals surface area contributed by atoms with Crippen LogP contribution in [0.5, 0.6) is 0 Å². The van der Waals surface area contributed by atoms with Crippen LogP contribution in [0.4, 0.5) is 0 Å². The Kier molecular flexibility index (Phi) is 8.15. The number of hydrogen-bond acceptors (Lipinski definition) is 5. The van der Waals surface area contributed by atoms with Gasteiger partial charge in [0.05, 0.1) is 0 Å². The summed E-state index contributed by atoms with van der Waals surface area (Å²) in [5.41, 5.74) is 0.227. The normalized spacial score (nSPS) is 14.1. The number of unbranched alkanes of at least 4 members (excludes halogenated alkanes) is 1. The second kappa shape index (κ2) is 9.07. The van der Waals surface area contributed by atoms with Crippen molar-refractivity contribution in [2.75, 3.05) is 6.54 Å². The molecule has 0 aliphatic carbocycles. The van der Waals surface area contributed by atoms with Crippen molar-refractivity contribution in [1.82, 2.24) is 5.32 Å². The molecular weight excluding hydrogens is 250 g/mol. The second-order valence-corrected chi connectivity index (χ2v) is 4.13. The van der Waals surface area contributed by atoms with E-state index in [1.54, 1.807) is 6.92 Å². The van der Waals surface area contributed by atoms with Gasteiger partial charge in [-0.25, -0.2) is 0 Å². The lowest BCUT2D eigenvalue weighted by Crippen LogP contribution is -2.31. The van der Waals surface area contributed by atoms with E-state index in [1.807, 2.05) is 6.92 Å². The van der Waals surface area contributed by atoms with Crippen LogP contribution in [0.2, 0.25) is 0 Å². The molecule has 0 aromatic carbocycles. The van der Waals surface area contributed by atoms with E-state index in [2.05, 4.69) is 10.5 Å². The lowest BCUT2D eigenvalue weighted by atomic mass is 10.0. The maximum absolute atomic E-state index is 11.7. The fourth-order valence-electron chi connectivity index (χ4n) is 1.44. The minimum Gasteiger partial charge on any atom is -0.410 e. The van der Waals surface area contributed by atoms with Crippen LogP contribution in [-0.2, 0) is 4.79 Å². The molecule has 0 aliphatic rings. The van der Waals surface area contributed by atoms with Crippen molar-refractivity contribution in [3.63, 3.8) is 0 Å². The van der Waals surface area contributed by atoms with Crippen LogP contribution < -0.4 is 5.32 Å². The number of carbonyl (C=O) groups excluding carboxylic acids is 1. The average Bonchev–Trinajstić information content (AvgIpc) is 2.39. The van der Waals surface area contributed by atoms with Crippen molar-refractivity contribution < 1.29 is 14.9 Å². The number of rotatable bonds is 8. The average molecular weight is 271 g/mol. The van der Waals surface area contributed by atoms with Crippen molar-refractivity contribution in [2.24, 2.45) is 5.16 Å². The molecule has 0 saturated carbocycles. The van der Waals surface area contributed by atoms with Gasteiger partial charge in [0.1, 0.15) is 0 Å². The molecule has 0 heterocycles. The number of oxime groups is 1. The number of nitrogens with zero attached hydrogens (tertiary/aromatic N) is 2. The van der Waals surface area contributed by atoms with Crippen LogP contribution in [0.3, 0.4) is 0 Å². The van der Waals surface area contributed by atoms with Crippen molar-refractivity contribution in [1.29, 1.82) is 0 Å². The molecule has 108 valence electrons. The van der Waals surface area contributed by atoms with Gasteiger partial charge < -0.3 is 10.5 Å². The quantitative estimate of drug-likeness (QED) is 0.230. The Morgan fingerprint density at radius 3 is 2.58 bits per heavy atom. The van der Waals surface area contributed by atoms with Gasteiger partial charge in [-0.1, -0.05) is 25.4 Å². The molecule has 0 spiro atoms.